The molecule has 3 aromatic heterocycles. The van der Waals surface area contributed by atoms with E-state index in [2.05, 4.69) is 61.7 Å². The summed E-state index contributed by atoms with van der Waals surface area (Å²) in [5.74, 6) is 1.16. The van der Waals surface area contributed by atoms with E-state index in [-0.39, 0.29) is 23.1 Å². The number of nitrogens with one attached hydrogen (secondary N) is 1. The number of piperidine rings is 2. The SMILES string of the molecule is Cc1nc(NC2CCN(Cc3ccc4c(cc(C#N)n4C[C@H](C)N4CCC(O)CC4)c3C)CC2)c2cc(CC(F)(F)F)sc2n1. The van der Waals surface area contributed by atoms with Gasteiger partial charge < -0.3 is 15.0 Å². The van der Waals surface area contributed by atoms with E-state index >= 15 is 0 Å². The van der Waals surface area contributed by atoms with Crippen LogP contribution in [-0.2, 0) is 19.5 Å². The Morgan fingerprint density at radius 3 is 2.49 bits per heavy atom. The monoisotopic (exact) mass is 639 g/mol. The highest BCUT2D eigenvalue weighted by Gasteiger charge is 2.30. The van der Waals surface area contributed by atoms with E-state index in [1.807, 2.05) is 6.07 Å². The highest BCUT2D eigenvalue weighted by atomic mass is 32.1. The molecule has 12 heteroatoms. The predicted octanol–water partition coefficient (Wildman–Crippen LogP) is 6.16. The summed E-state index contributed by atoms with van der Waals surface area (Å²) in [6.45, 7) is 11.2. The lowest BCUT2D eigenvalue weighted by Gasteiger charge is -2.34. The van der Waals surface area contributed by atoms with Crippen LogP contribution in [0.5, 0.6) is 0 Å². The van der Waals surface area contributed by atoms with Gasteiger partial charge in [0.15, 0.2) is 0 Å². The number of nitriles is 1. The minimum atomic E-state index is -4.26. The van der Waals surface area contributed by atoms with Gasteiger partial charge in [-0.25, -0.2) is 9.97 Å². The molecule has 240 valence electrons. The maximum absolute atomic E-state index is 13.0. The number of hydrogen-bond donors (Lipinski definition) is 2. The molecule has 2 N–H and O–H groups in total. The van der Waals surface area contributed by atoms with Gasteiger partial charge in [0.1, 0.15) is 28.2 Å². The normalized spacial score (nSPS) is 18.5. The van der Waals surface area contributed by atoms with Crippen molar-refractivity contribution in [2.45, 2.75) is 90.3 Å². The Labute approximate surface area is 265 Å². The predicted molar refractivity (Wildman–Crippen MR) is 171 cm³/mol. The fourth-order valence-corrected chi connectivity index (χ4v) is 7.93. The third-order valence-electron chi connectivity index (χ3n) is 9.40. The average molecular weight is 640 g/mol. The lowest BCUT2D eigenvalue weighted by atomic mass is 10.0. The van der Waals surface area contributed by atoms with Gasteiger partial charge in [0.05, 0.1) is 17.9 Å². The largest absolute Gasteiger partial charge is 0.393 e. The van der Waals surface area contributed by atoms with E-state index in [1.54, 1.807) is 13.0 Å². The molecular weight excluding hydrogens is 599 g/mol. The van der Waals surface area contributed by atoms with Gasteiger partial charge in [-0.3, -0.25) is 9.80 Å². The van der Waals surface area contributed by atoms with E-state index < -0.39 is 12.6 Å². The highest BCUT2D eigenvalue weighted by molar-refractivity contribution is 7.18. The third kappa shape index (κ3) is 7.12. The second-order valence-corrected chi connectivity index (χ2v) is 13.8. The molecule has 0 saturated carbocycles. The van der Waals surface area contributed by atoms with Gasteiger partial charge in [0.25, 0.3) is 0 Å². The van der Waals surface area contributed by atoms with Gasteiger partial charge in [-0.05, 0) is 75.8 Å². The smallest absolute Gasteiger partial charge is 0.393 e. The molecule has 0 spiro atoms. The number of aliphatic hydroxyl groups is 1. The van der Waals surface area contributed by atoms with Crippen molar-refractivity contribution in [1.29, 1.82) is 5.26 Å². The summed E-state index contributed by atoms with van der Waals surface area (Å²) in [4.78, 5) is 14.6. The second kappa shape index (κ2) is 12.9. The summed E-state index contributed by atoms with van der Waals surface area (Å²) < 4.78 is 41.1. The number of aryl methyl sites for hydroxylation is 2. The molecule has 4 aromatic rings. The zero-order chi connectivity index (χ0) is 31.9. The van der Waals surface area contributed by atoms with Crippen LogP contribution in [0.1, 0.15) is 60.1 Å². The Morgan fingerprint density at radius 2 is 1.80 bits per heavy atom. The van der Waals surface area contributed by atoms with Crippen molar-refractivity contribution in [2.24, 2.45) is 0 Å². The van der Waals surface area contributed by atoms with Gasteiger partial charge in [-0.15, -0.1) is 11.3 Å². The summed E-state index contributed by atoms with van der Waals surface area (Å²) >= 11 is 1.08. The lowest BCUT2D eigenvalue weighted by molar-refractivity contribution is -0.126. The number of likely N-dealkylation sites (tertiary alicyclic amines) is 2. The molecule has 1 aromatic carbocycles. The van der Waals surface area contributed by atoms with E-state index in [1.165, 1.54) is 11.1 Å². The van der Waals surface area contributed by atoms with Crippen molar-refractivity contribution < 1.29 is 18.3 Å². The van der Waals surface area contributed by atoms with Gasteiger partial charge in [0.2, 0.25) is 0 Å². The third-order valence-corrected chi connectivity index (χ3v) is 10.4. The Bertz CT molecular complexity index is 1710. The first-order valence-corrected chi connectivity index (χ1v) is 16.6. The number of rotatable bonds is 8. The van der Waals surface area contributed by atoms with Crippen LogP contribution in [0.15, 0.2) is 24.3 Å². The van der Waals surface area contributed by atoms with E-state index in [4.69, 9.17) is 0 Å². The molecule has 0 amide bonds. The van der Waals surface area contributed by atoms with Gasteiger partial charge in [-0.2, -0.15) is 18.4 Å². The number of aliphatic hydroxyl groups excluding tert-OH is 1. The number of anilines is 1. The number of aromatic nitrogens is 3. The van der Waals surface area contributed by atoms with Crippen molar-refractivity contribution in [3.05, 3.63) is 51.8 Å². The summed E-state index contributed by atoms with van der Waals surface area (Å²) in [7, 11) is 0. The Balaban J connectivity index is 1.11. The number of alkyl halides is 3. The molecule has 2 aliphatic rings. The molecule has 2 aliphatic heterocycles. The Hall–Kier alpha value is -3.24. The number of hydrogen-bond acceptors (Lipinski definition) is 8. The highest BCUT2D eigenvalue weighted by Crippen LogP contribution is 2.34. The molecule has 8 nitrogen and oxygen atoms in total. The van der Waals surface area contributed by atoms with Gasteiger partial charge >= 0.3 is 6.18 Å². The Kier molecular flexibility index (Phi) is 9.07. The van der Waals surface area contributed by atoms with Crippen LogP contribution in [0, 0.1) is 25.2 Å². The van der Waals surface area contributed by atoms with Crippen LogP contribution in [-0.4, -0.2) is 80.0 Å². The van der Waals surface area contributed by atoms with Crippen molar-refractivity contribution in [3.8, 4) is 6.07 Å². The van der Waals surface area contributed by atoms with Crippen LogP contribution >= 0.6 is 11.3 Å². The van der Waals surface area contributed by atoms with Crippen molar-refractivity contribution >= 4 is 38.3 Å². The summed E-state index contributed by atoms with van der Waals surface area (Å²) in [6, 6.07) is 10.8. The molecule has 0 radical (unpaired) electrons. The fourth-order valence-electron chi connectivity index (χ4n) is 6.83. The molecule has 2 fully saturated rings. The molecule has 2 saturated heterocycles. The lowest BCUT2D eigenvalue weighted by Crippen LogP contribution is -2.43. The number of halogens is 3. The van der Waals surface area contributed by atoms with Crippen molar-refractivity contribution in [3.63, 3.8) is 0 Å². The number of nitrogens with zero attached hydrogens (tertiary/aromatic N) is 6. The second-order valence-electron chi connectivity index (χ2n) is 12.7. The minimum absolute atomic E-state index is 0.172. The molecule has 5 heterocycles. The summed E-state index contributed by atoms with van der Waals surface area (Å²) in [6.07, 6.45) is -2.04. The van der Waals surface area contributed by atoms with Crippen LogP contribution in [0.3, 0.4) is 0 Å². The van der Waals surface area contributed by atoms with Crippen LogP contribution in [0.2, 0.25) is 0 Å². The zero-order valence-electron chi connectivity index (χ0n) is 26.0. The summed E-state index contributed by atoms with van der Waals surface area (Å²) in [5.41, 5.74) is 4.20. The van der Waals surface area contributed by atoms with E-state index in [0.29, 0.717) is 27.6 Å². The zero-order valence-corrected chi connectivity index (χ0v) is 26.8. The van der Waals surface area contributed by atoms with Crippen LogP contribution in [0.4, 0.5) is 19.0 Å². The minimum Gasteiger partial charge on any atom is -0.393 e. The fraction of sp³-hybridized carbons (Fsp3) is 0.545. The van der Waals surface area contributed by atoms with Crippen LogP contribution < -0.4 is 5.32 Å². The number of thiophene rings is 1. The van der Waals surface area contributed by atoms with Gasteiger partial charge in [-0.1, -0.05) is 6.07 Å². The first-order valence-electron chi connectivity index (χ1n) is 15.7. The molecule has 0 unspecified atom stereocenters. The molecule has 0 bridgehead atoms. The van der Waals surface area contributed by atoms with Crippen molar-refractivity contribution in [2.75, 3.05) is 31.5 Å². The van der Waals surface area contributed by atoms with E-state index in [9.17, 15) is 23.5 Å². The number of benzene rings is 1. The number of fused-ring (bicyclic) bond motifs is 2. The first kappa shape index (κ1) is 31.7. The van der Waals surface area contributed by atoms with Gasteiger partial charge in [0, 0.05) is 67.1 Å². The Morgan fingerprint density at radius 1 is 1.07 bits per heavy atom. The molecular formula is C33H40F3N7OS. The first-order chi connectivity index (χ1) is 21.5. The average Bonchev–Trinajstić information content (AvgIpc) is 3.55. The summed E-state index contributed by atoms with van der Waals surface area (Å²) in [5, 5.41) is 25.1. The molecule has 1 atom stereocenters. The molecule has 45 heavy (non-hydrogen) atoms. The standard InChI is InChI=1S/C33H40F3N7OS/c1-20(42-12-8-26(44)9-13-42)18-43-25(17-37)14-28-21(2)23(4-5-30(28)43)19-41-10-6-24(7-11-41)40-31-29-15-27(16-33(34,35)36)45-32(29)39-22(3)38-31/h4-5,14-15,20,24,26,44H,6-13,16,18-19H2,1-3H3,(H,38,39,40)/t20-/m0/s1. The van der Waals surface area contributed by atoms with E-state index in [0.717, 1.165) is 87.2 Å². The quantitative estimate of drug-likeness (QED) is 0.239. The topological polar surface area (TPSA) is 93.2 Å². The molecule has 6 rings (SSSR count). The maximum Gasteiger partial charge on any atom is 0.393 e. The molecule has 0 aliphatic carbocycles. The van der Waals surface area contributed by atoms with Crippen LogP contribution in [0.25, 0.3) is 21.1 Å². The van der Waals surface area contributed by atoms with Crippen molar-refractivity contribution in [1.82, 2.24) is 24.3 Å². The maximum atomic E-state index is 13.0.